The van der Waals surface area contributed by atoms with Crippen molar-refractivity contribution in [2.75, 3.05) is 7.05 Å². The molecule has 2 aromatic heterocycles. The van der Waals surface area contributed by atoms with E-state index < -0.39 is 6.04 Å². The normalized spacial score (nSPS) is 17.0. The van der Waals surface area contributed by atoms with Gasteiger partial charge in [0.15, 0.2) is 5.43 Å². The number of fused-ring (bicyclic) bond motifs is 2. The van der Waals surface area contributed by atoms with E-state index in [1.807, 2.05) is 6.07 Å². The van der Waals surface area contributed by atoms with Gasteiger partial charge in [0.25, 0.3) is 5.91 Å². The van der Waals surface area contributed by atoms with Crippen molar-refractivity contribution in [3.63, 3.8) is 0 Å². The summed E-state index contributed by atoms with van der Waals surface area (Å²) in [6.45, 7) is 0. The molecule has 108 valence electrons. The summed E-state index contributed by atoms with van der Waals surface area (Å²) in [5.74, 6) is -0.160. The van der Waals surface area contributed by atoms with E-state index in [-0.39, 0.29) is 17.1 Å². The summed E-state index contributed by atoms with van der Waals surface area (Å²) in [6.07, 6.45) is 3.32. The Morgan fingerprint density at radius 3 is 2.73 bits per heavy atom. The summed E-state index contributed by atoms with van der Waals surface area (Å²) < 4.78 is 5.71. The number of hydrogen-bond donors (Lipinski definition) is 0. The third-order valence-corrected chi connectivity index (χ3v) is 4.01. The van der Waals surface area contributed by atoms with Gasteiger partial charge in [-0.3, -0.25) is 14.6 Å². The predicted octanol–water partition coefficient (Wildman–Crippen LogP) is 2.36. The van der Waals surface area contributed by atoms with Crippen LogP contribution in [-0.4, -0.2) is 22.8 Å². The quantitative estimate of drug-likeness (QED) is 0.690. The molecule has 3 aromatic rings. The molecule has 0 unspecified atom stereocenters. The molecule has 0 N–H and O–H groups in total. The van der Waals surface area contributed by atoms with Crippen molar-refractivity contribution < 1.29 is 9.21 Å². The van der Waals surface area contributed by atoms with Crippen molar-refractivity contribution in [3.8, 4) is 0 Å². The highest BCUT2D eigenvalue weighted by atomic mass is 16.3. The molecule has 1 atom stereocenters. The first-order valence-corrected chi connectivity index (χ1v) is 6.91. The monoisotopic (exact) mass is 292 g/mol. The van der Waals surface area contributed by atoms with E-state index >= 15 is 0 Å². The number of nitrogens with zero attached hydrogens (tertiary/aromatic N) is 2. The Bertz CT molecular complexity index is 947. The minimum Gasteiger partial charge on any atom is -0.450 e. The number of aromatic nitrogens is 1. The van der Waals surface area contributed by atoms with Gasteiger partial charge in [0, 0.05) is 19.4 Å². The molecule has 5 heteroatoms. The van der Waals surface area contributed by atoms with Gasteiger partial charge in [-0.1, -0.05) is 18.2 Å². The van der Waals surface area contributed by atoms with Gasteiger partial charge < -0.3 is 9.32 Å². The minimum atomic E-state index is -0.461. The lowest BCUT2D eigenvalue weighted by Gasteiger charge is -2.19. The average Bonchev–Trinajstić information content (AvgIpc) is 2.81. The number of rotatable bonds is 1. The molecule has 0 spiro atoms. The molecule has 3 heterocycles. The Morgan fingerprint density at radius 2 is 1.95 bits per heavy atom. The molecule has 1 aromatic carbocycles. The van der Waals surface area contributed by atoms with Crippen LogP contribution in [-0.2, 0) is 0 Å². The smallest absolute Gasteiger partial charge is 0.290 e. The van der Waals surface area contributed by atoms with Gasteiger partial charge in [-0.15, -0.1) is 0 Å². The molecule has 0 fully saturated rings. The molecule has 0 saturated heterocycles. The Morgan fingerprint density at radius 1 is 1.14 bits per heavy atom. The lowest BCUT2D eigenvalue weighted by Crippen LogP contribution is -2.25. The van der Waals surface area contributed by atoms with Crippen molar-refractivity contribution in [3.05, 3.63) is 75.9 Å². The molecule has 22 heavy (non-hydrogen) atoms. The zero-order chi connectivity index (χ0) is 15.3. The largest absolute Gasteiger partial charge is 0.450 e. The number of hydrogen-bond acceptors (Lipinski definition) is 4. The van der Waals surface area contributed by atoms with Crippen LogP contribution < -0.4 is 5.43 Å². The molecular weight excluding hydrogens is 280 g/mol. The average molecular weight is 292 g/mol. The molecular formula is C17H12N2O3. The van der Waals surface area contributed by atoms with E-state index in [0.29, 0.717) is 16.5 Å². The number of amides is 1. The van der Waals surface area contributed by atoms with Gasteiger partial charge in [0.2, 0.25) is 5.76 Å². The van der Waals surface area contributed by atoms with Gasteiger partial charge in [0.05, 0.1) is 17.0 Å². The van der Waals surface area contributed by atoms with Crippen LogP contribution in [0.3, 0.4) is 0 Å². The Labute approximate surface area is 125 Å². The van der Waals surface area contributed by atoms with E-state index in [0.717, 1.165) is 5.56 Å². The summed E-state index contributed by atoms with van der Waals surface area (Å²) in [6, 6.07) is 10.1. The van der Waals surface area contributed by atoms with Crippen molar-refractivity contribution in [2.24, 2.45) is 0 Å². The van der Waals surface area contributed by atoms with Crippen molar-refractivity contribution >= 4 is 16.9 Å². The molecule has 1 aliphatic rings. The van der Waals surface area contributed by atoms with E-state index in [1.165, 1.54) is 4.90 Å². The van der Waals surface area contributed by atoms with Crippen LogP contribution in [0.1, 0.15) is 27.7 Å². The number of carbonyl (C=O) groups is 1. The van der Waals surface area contributed by atoms with Crippen LogP contribution in [0.5, 0.6) is 0 Å². The second-order valence-corrected chi connectivity index (χ2v) is 5.28. The van der Waals surface area contributed by atoms with Crippen molar-refractivity contribution in [1.82, 2.24) is 9.88 Å². The molecule has 4 rings (SSSR count). The molecule has 1 aliphatic heterocycles. The third kappa shape index (κ3) is 1.62. The fourth-order valence-corrected chi connectivity index (χ4v) is 2.96. The topological polar surface area (TPSA) is 63.4 Å². The lowest BCUT2D eigenvalue weighted by atomic mass is 10.0. The molecule has 0 saturated carbocycles. The second kappa shape index (κ2) is 4.53. The number of carbonyl (C=O) groups excluding carboxylic acids is 1. The molecule has 0 aliphatic carbocycles. The highest BCUT2D eigenvalue weighted by Crippen LogP contribution is 2.36. The first kappa shape index (κ1) is 12.8. The summed E-state index contributed by atoms with van der Waals surface area (Å²) in [7, 11) is 1.67. The number of benzene rings is 1. The van der Waals surface area contributed by atoms with E-state index in [9.17, 15) is 9.59 Å². The van der Waals surface area contributed by atoms with Crippen molar-refractivity contribution in [2.45, 2.75) is 6.04 Å². The Kier molecular flexibility index (Phi) is 2.63. The van der Waals surface area contributed by atoms with Crippen LogP contribution in [0, 0.1) is 0 Å². The zero-order valence-electron chi connectivity index (χ0n) is 11.8. The van der Waals surface area contributed by atoms with Crippen LogP contribution in [0.15, 0.2) is 58.0 Å². The summed E-state index contributed by atoms with van der Waals surface area (Å²) in [4.78, 5) is 30.9. The third-order valence-electron chi connectivity index (χ3n) is 4.01. The van der Waals surface area contributed by atoms with Crippen LogP contribution in [0.25, 0.3) is 11.0 Å². The highest BCUT2D eigenvalue weighted by Gasteiger charge is 2.40. The van der Waals surface area contributed by atoms with Gasteiger partial charge in [-0.05, 0) is 23.8 Å². The highest BCUT2D eigenvalue weighted by molar-refractivity contribution is 5.98. The summed E-state index contributed by atoms with van der Waals surface area (Å²) in [5.41, 5.74) is 1.45. The maximum absolute atomic E-state index is 12.8. The van der Waals surface area contributed by atoms with Gasteiger partial charge in [-0.2, -0.15) is 0 Å². The molecule has 0 bridgehead atoms. The lowest BCUT2D eigenvalue weighted by molar-refractivity contribution is 0.0771. The molecule has 1 amide bonds. The standard InChI is InChI=1S/C17H12N2O3/c1-19-14(10-5-4-8-18-9-10)13-15(20)11-6-2-3-7-12(11)22-16(13)17(19)21/h2-9,14H,1H3/t14-/m0/s1. The SMILES string of the molecule is CN1C(=O)c2oc3ccccc3c(=O)c2[C@@H]1c1cccnc1. The first-order chi connectivity index (χ1) is 10.7. The summed E-state index contributed by atoms with van der Waals surface area (Å²) >= 11 is 0. The maximum Gasteiger partial charge on any atom is 0.290 e. The van der Waals surface area contributed by atoms with Gasteiger partial charge >= 0.3 is 0 Å². The second-order valence-electron chi connectivity index (χ2n) is 5.28. The zero-order valence-corrected chi connectivity index (χ0v) is 11.8. The molecule has 5 nitrogen and oxygen atoms in total. The fraction of sp³-hybridized carbons (Fsp3) is 0.118. The Hall–Kier alpha value is -2.95. The number of pyridine rings is 1. The molecule has 0 radical (unpaired) electrons. The first-order valence-electron chi connectivity index (χ1n) is 6.91. The summed E-state index contributed by atoms with van der Waals surface area (Å²) in [5, 5.41) is 0.484. The van der Waals surface area contributed by atoms with E-state index in [2.05, 4.69) is 4.98 Å². The van der Waals surface area contributed by atoms with Gasteiger partial charge in [-0.25, -0.2) is 0 Å². The van der Waals surface area contributed by atoms with Gasteiger partial charge in [0.1, 0.15) is 5.58 Å². The predicted molar refractivity (Wildman–Crippen MR) is 80.7 cm³/mol. The Balaban J connectivity index is 2.06. The maximum atomic E-state index is 12.8. The van der Waals surface area contributed by atoms with Crippen LogP contribution in [0.4, 0.5) is 0 Å². The van der Waals surface area contributed by atoms with E-state index in [4.69, 9.17) is 4.42 Å². The van der Waals surface area contributed by atoms with Crippen molar-refractivity contribution in [1.29, 1.82) is 0 Å². The number of para-hydroxylation sites is 1. The van der Waals surface area contributed by atoms with E-state index in [1.54, 1.807) is 49.8 Å². The van der Waals surface area contributed by atoms with Crippen LogP contribution >= 0.6 is 0 Å². The minimum absolute atomic E-state index is 0.125. The fourth-order valence-electron chi connectivity index (χ4n) is 2.96. The van der Waals surface area contributed by atoms with Crippen LogP contribution in [0.2, 0.25) is 0 Å².